The molecule has 0 aliphatic heterocycles. The standard InChI is InChI=1S/C31H42N4O6/c1-9-20-12-11-13-21(18-20)26(27(37)33-22-14-16-23(40-8)17-15-22)35(31(6,7)10-2)28(38)24(19-25(32)36)34-29(39)41-30(3,4)5/h9,11-18,24,26H,1,10,19H2,2-8H3,(H2,32,36)(H,33,37)(H,34,39). The number of hydrogen-bond acceptors (Lipinski definition) is 6. The number of benzene rings is 2. The van der Waals surface area contributed by atoms with Crippen molar-refractivity contribution >= 4 is 35.6 Å². The minimum atomic E-state index is -1.38. The number of primary amides is 1. The first-order chi connectivity index (χ1) is 19.1. The second kappa shape index (κ2) is 13.8. The third kappa shape index (κ3) is 9.37. The van der Waals surface area contributed by atoms with Crippen LogP contribution >= 0.6 is 0 Å². The van der Waals surface area contributed by atoms with Crippen LogP contribution < -0.4 is 21.1 Å². The summed E-state index contributed by atoms with van der Waals surface area (Å²) in [4.78, 5) is 54.5. The Morgan fingerprint density at radius 2 is 1.68 bits per heavy atom. The Labute approximate surface area is 242 Å². The van der Waals surface area contributed by atoms with Crippen molar-refractivity contribution in [2.75, 3.05) is 12.4 Å². The number of amides is 4. The van der Waals surface area contributed by atoms with E-state index in [0.29, 0.717) is 23.4 Å². The minimum Gasteiger partial charge on any atom is -0.497 e. The summed E-state index contributed by atoms with van der Waals surface area (Å²) in [6.45, 7) is 14.4. The summed E-state index contributed by atoms with van der Waals surface area (Å²) in [6, 6.07) is 11.3. The van der Waals surface area contributed by atoms with E-state index in [1.165, 1.54) is 4.90 Å². The summed E-state index contributed by atoms with van der Waals surface area (Å²) in [6.07, 6.45) is 0.703. The normalized spacial score (nSPS) is 12.9. The van der Waals surface area contributed by atoms with Crippen LogP contribution in [0.2, 0.25) is 0 Å². The molecular formula is C31H42N4O6. The predicted octanol–water partition coefficient (Wildman–Crippen LogP) is 4.80. The van der Waals surface area contributed by atoms with Gasteiger partial charge in [0.25, 0.3) is 5.91 Å². The molecule has 0 aliphatic carbocycles. The molecule has 0 saturated heterocycles. The van der Waals surface area contributed by atoms with Crippen LogP contribution in [0.15, 0.2) is 55.1 Å². The number of carbonyl (C=O) groups is 4. The number of carbonyl (C=O) groups excluding carboxylic acids is 4. The quantitative estimate of drug-likeness (QED) is 0.337. The average molecular weight is 567 g/mol. The van der Waals surface area contributed by atoms with E-state index in [1.807, 2.05) is 26.8 Å². The van der Waals surface area contributed by atoms with Crippen LogP contribution in [-0.4, -0.2) is 53.0 Å². The van der Waals surface area contributed by atoms with Gasteiger partial charge in [0, 0.05) is 11.2 Å². The highest BCUT2D eigenvalue weighted by molar-refractivity contribution is 6.00. The predicted molar refractivity (Wildman–Crippen MR) is 159 cm³/mol. The van der Waals surface area contributed by atoms with Gasteiger partial charge in [-0.25, -0.2) is 4.79 Å². The lowest BCUT2D eigenvalue weighted by Gasteiger charge is -2.44. The van der Waals surface area contributed by atoms with Crippen molar-refractivity contribution in [1.82, 2.24) is 10.2 Å². The highest BCUT2D eigenvalue weighted by Gasteiger charge is 2.43. The highest BCUT2D eigenvalue weighted by atomic mass is 16.6. The van der Waals surface area contributed by atoms with Gasteiger partial charge in [-0.3, -0.25) is 14.4 Å². The number of anilines is 1. The molecule has 2 rings (SSSR count). The first-order valence-corrected chi connectivity index (χ1v) is 13.4. The lowest BCUT2D eigenvalue weighted by atomic mass is 9.91. The van der Waals surface area contributed by atoms with Gasteiger partial charge in [-0.2, -0.15) is 0 Å². The lowest BCUT2D eigenvalue weighted by Crippen LogP contribution is -2.59. The molecule has 0 aromatic heterocycles. The number of alkyl carbamates (subject to hydrolysis) is 1. The zero-order valence-corrected chi connectivity index (χ0v) is 24.9. The number of nitrogens with one attached hydrogen (secondary N) is 2. The minimum absolute atomic E-state index is 0.446. The molecule has 2 aromatic carbocycles. The Morgan fingerprint density at radius 3 is 2.20 bits per heavy atom. The summed E-state index contributed by atoms with van der Waals surface area (Å²) in [5, 5.41) is 5.39. The van der Waals surface area contributed by atoms with Crippen LogP contribution in [0.4, 0.5) is 10.5 Å². The second-order valence-electron chi connectivity index (χ2n) is 11.2. The number of hydrogen-bond donors (Lipinski definition) is 3. The Morgan fingerprint density at radius 1 is 1.05 bits per heavy atom. The van der Waals surface area contributed by atoms with Crippen LogP contribution in [0.1, 0.15) is 71.6 Å². The molecule has 0 heterocycles. The van der Waals surface area contributed by atoms with E-state index in [9.17, 15) is 19.2 Å². The van der Waals surface area contributed by atoms with Gasteiger partial charge in [0.15, 0.2) is 0 Å². The van der Waals surface area contributed by atoms with Crippen molar-refractivity contribution in [2.45, 2.75) is 77.6 Å². The third-order valence-corrected chi connectivity index (χ3v) is 6.48. The molecule has 0 spiro atoms. The van der Waals surface area contributed by atoms with Crippen LogP contribution in [0.5, 0.6) is 5.75 Å². The fourth-order valence-electron chi connectivity index (χ4n) is 4.12. The Hall–Kier alpha value is -4.34. The van der Waals surface area contributed by atoms with Crippen LogP contribution in [-0.2, 0) is 19.1 Å². The first kappa shape index (κ1) is 32.9. The number of ether oxygens (including phenoxy) is 2. The summed E-state index contributed by atoms with van der Waals surface area (Å²) in [5.41, 5.74) is 5.47. The van der Waals surface area contributed by atoms with E-state index in [1.54, 1.807) is 76.4 Å². The third-order valence-electron chi connectivity index (χ3n) is 6.48. The maximum absolute atomic E-state index is 14.3. The molecule has 222 valence electrons. The molecular weight excluding hydrogens is 524 g/mol. The molecule has 2 unspecified atom stereocenters. The zero-order valence-electron chi connectivity index (χ0n) is 24.9. The van der Waals surface area contributed by atoms with Crippen LogP contribution in [0.25, 0.3) is 6.08 Å². The molecule has 0 radical (unpaired) electrons. The molecule has 41 heavy (non-hydrogen) atoms. The summed E-state index contributed by atoms with van der Waals surface area (Å²) >= 11 is 0. The monoisotopic (exact) mass is 566 g/mol. The first-order valence-electron chi connectivity index (χ1n) is 13.4. The molecule has 10 heteroatoms. The van der Waals surface area contributed by atoms with Crippen molar-refractivity contribution in [1.29, 1.82) is 0 Å². The van der Waals surface area contributed by atoms with Gasteiger partial charge in [0.2, 0.25) is 11.8 Å². The van der Waals surface area contributed by atoms with Gasteiger partial charge in [0.1, 0.15) is 23.4 Å². The maximum atomic E-state index is 14.3. The second-order valence-corrected chi connectivity index (χ2v) is 11.2. The number of nitrogens with zero attached hydrogens (tertiary/aromatic N) is 1. The summed E-state index contributed by atoms with van der Waals surface area (Å²) in [5.74, 6) is -1.35. The van der Waals surface area contributed by atoms with Gasteiger partial charge >= 0.3 is 6.09 Å². The molecule has 2 aromatic rings. The van der Waals surface area contributed by atoms with Crippen molar-refractivity contribution < 1.29 is 28.7 Å². The number of rotatable bonds is 12. The highest BCUT2D eigenvalue weighted by Crippen LogP contribution is 2.34. The maximum Gasteiger partial charge on any atom is 0.408 e. The van der Waals surface area contributed by atoms with E-state index >= 15 is 0 Å². The fourth-order valence-corrected chi connectivity index (χ4v) is 4.12. The van der Waals surface area contributed by atoms with Gasteiger partial charge in [-0.1, -0.05) is 37.8 Å². The average Bonchev–Trinajstić information content (AvgIpc) is 2.89. The zero-order chi connectivity index (χ0) is 31.0. The van der Waals surface area contributed by atoms with Crippen molar-refractivity contribution in [3.63, 3.8) is 0 Å². The summed E-state index contributed by atoms with van der Waals surface area (Å²) in [7, 11) is 1.54. The van der Waals surface area contributed by atoms with Gasteiger partial charge in [-0.05, 0) is 82.5 Å². The van der Waals surface area contributed by atoms with E-state index in [2.05, 4.69) is 17.2 Å². The van der Waals surface area contributed by atoms with E-state index in [0.717, 1.165) is 5.56 Å². The summed E-state index contributed by atoms with van der Waals surface area (Å²) < 4.78 is 10.5. The lowest BCUT2D eigenvalue weighted by molar-refractivity contribution is -0.148. The van der Waals surface area contributed by atoms with Crippen molar-refractivity contribution in [2.24, 2.45) is 5.73 Å². The van der Waals surface area contributed by atoms with Crippen LogP contribution in [0.3, 0.4) is 0 Å². The number of nitrogens with two attached hydrogens (primary N) is 1. The molecule has 2 atom stereocenters. The molecule has 0 bridgehead atoms. The molecule has 0 aliphatic rings. The Balaban J connectivity index is 2.67. The van der Waals surface area contributed by atoms with Gasteiger partial charge in [0.05, 0.1) is 13.5 Å². The van der Waals surface area contributed by atoms with Crippen molar-refractivity contribution in [3.8, 4) is 5.75 Å². The smallest absolute Gasteiger partial charge is 0.408 e. The number of methoxy groups -OCH3 is 1. The molecule has 4 amide bonds. The largest absolute Gasteiger partial charge is 0.497 e. The molecule has 0 saturated carbocycles. The fraction of sp³-hybridized carbons (Fsp3) is 0.419. The van der Waals surface area contributed by atoms with Gasteiger partial charge < -0.3 is 30.7 Å². The van der Waals surface area contributed by atoms with Crippen LogP contribution in [0, 0.1) is 0 Å². The SMILES string of the molecule is C=Cc1cccc(C(C(=O)Nc2ccc(OC)cc2)N(C(=O)C(CC(N)=O)NC(=O)OC(C)(C)C)C(C)(C)CC)c1. The molecule has 10 nitrogen and oxygen atoms in total. The van der Waals surface area contributed by atoms with E-state index < -0.39 is 53.5 Å². The topological polar surface area (TPSA) is 140 Å². The van der Waals surface area contributed by atoms with Gasteiger partial charge in [-0.15, -0.1) is 0 Å². The molecule has 4 N–H and O–H groups in total. The Bertz CT molecular complexity index is 1250. The molecule has 0 fully saturated rings. The van der Waals surface area contributed by atoms with E-state index in [4.69, 9.17) is 15.2 Å². The van der Waals surface area contributed by atoms with Crippen molar-refractivity contribution in [3.05, 3.63) is 66.2 Å². The van der Waals surface area contributed by atoms with E-state index in [-0.39, 0.29) is 0 Å². The Kier molecular flexibility index (Phi) is 11.1.